The number of aliphatic carboxylic acids is 2. The van der Waals surface area contributed by atoms with Crippen LogP contribution in [-0.4, -0.2) is 22.2 Å². The molecule has 0 radical (unpaired) electrons. The monoisotopic (exact) mass is 311 g/mol. The maximum Gasteiger partial charge on any atom is 0.414 e. The summed E-state index contributed by atoms with van der Waals surface area (Å²) < 4.78 is 0. The largest absolute Gasteiger partial charge is 0.473 e. The molecule has 2 unspecified atom stereocenters. The van der Waals surface area contributed by atoms with Crippen LogP contribution >= 0.6 is 0 Å². The minimum Gasteiger partial charge on any atom is -0.473 e. The van der Waals surface area contributed by atoms with Crippen LogP contribution in [0.1, 0.15) is 35.2 Å². The lowest BCUT2D eigenvalue weighted by molar-refractivity contribution is -0.159. The molecule has 2 aromatic rings. The van der Waals surface area contributed by atoms with Gasteiger partial charge < -0.3 is 10.2 Å². The highest BCUT2D eigenvalue weighted by molar-refractivity contribution is 6.27. The minimum atomic E-state index is -1.82. The fourth-order valence-corrected chi connectivity index (χ4v) is 3.55. The predicted octanol–water partition coefficient (Wildman–Crippen LogP) is 2.31. The topological polar surface area (TPSA) is 86.6 Å². The summed E-state index contributed by atoms with van der Waals surface area (Å²) in [4.78, 5) is 18.2. The second-order valence-corrected chi connectivity index (χ2v) is 5.88. The lowest BCUT2D eigenvalue weighted by atomic mass is 9.82. The fraction of sp³-hybridized carbons (Fsp3) is 0.222. The van der Waals surface area contributed by atoms with Crippen molar-refractivity contribution in [1.82, 2.24) is 5.32 Å². The molecule has 0 saturated heterocycles. The zero-order valence-electron chi connectivity index (χ0n) is 12.6. The third kappa shape index (κ3) is 2.49. The number of carbonyl (C=O) groups is 2. The second kappa shape index (κ2) is 5.52. The van der Waals surface area contributed by atoms with E-state index in [9.17, 15) is 0 Å². The Bertz CT molecular complexity index is 761. The van der Waals surface area contributed by atoms with Crippen LogP contribution in [0.3, 0.4) is 0 Å². The Morgan fingerprint density at radius 3 is 2.22 bits per heavy atom. The Labute approximate surface area is 133 Å². The van der Waals surface area contributed by atoms with E-state index in [1.165, 1.54) is 22.3 Å². The summed E-state index contributed by atoms with van der Waals surface area (Å²) in [6.07, 6.45) is 1.11. The van der Waals surface area contributed by atoms with Crippen molar-refractivity contribution >= 4 is 11.9 Å². The first-order valence-electron chi connectivity index (χ1n) is 7.35. The normalized spacial score (nSPS) is 23.1. The zero-order chi connectivity index (χ0) is 16.6. The molecule has 0 aromatic heterocycles. The standard InChI is InChI=1S/C16H15N.C2H2O4/c1-16-13-8-4-2-6-11(13)10-15(17-16)12-7-3-5-9-14(12)16;3-1(4)2(5)6/h2-9,15,17H,10H2,1H3;(H,3,4)(H,5,6). The van der Waals surface area contributed by atoms with Crippen LogP contribution in [0, 0.1) is 0 Å². The molecule has 3 N–H and O–H groups in total. The highest BCUT2D eigenvalue weighted by atomic mass is 16.4. The summed E-state index contributed by atoms with van der Waals surface area (Å²) in [6, 6.07) is 18.2. The summed E-state index contributed by atoms with van der Waals surface area (Å²) in [5.74, 6) is -3.65. The molecule has 2 aromatic carbocycles. The average Bonchev–Trinajstić information content (AvgIpc) is 2.78. The molecule has 2 aliphatic rings. The van der Waals surface area contributed by atoms with Crippen LogP contribution < -0.4 is 5.32 Å². The van der Waals surface area contributed by atoms with Crippen LogP contribution in [0.25, 0.3) is 0 Å². The molecular formula is C18H17NO4. The second-order valence-electron chi connectivity index (χ2n) is 5.88. The Morgan fingerprint density at radius 1 is 1.00 bits per heavy atom. The van der Waals surface area contributed by atoms with Crippen LogP contribution in [0.15, 0.2) is 48.5 Å². The van der Waals surface area contributed by atoms with Crippen LogP contribution in [-0.2, 0) is 21.5 Å². The first-order valence-corrected chi connectivity index (χ1v) is 7.35. The molecule has 2 bridgehead atoms. The molecule has 0 aliphatic carbocycles. The van der Waals surface area contributed by atoms with E-state index in [0.29, 0.717) is 6.04 Å². The van der Waals surface area contributed by atoms with Crippen molar-refractivity contribution in [3.8, 4) is 0 Å². The molecule has 0 saturated carbocycles. The first kappa shape index (κ1) is 15.2. The molecule has 5 heteroatoms. The van der Waals surface area contributed by atoms with Crippen molar-refractivity contribution in [2.24, 2.45) is 0 Å². The summed E-state index contributed by atoms with van der Waals surface area (Å²) in [7, 11) is 0. The molecular weight excluding hydrogens is 294 g/mol. The third-order valence-corrected chi connectivity index (χ3v) is 4.50. The number of benzene rings is 2. The molecule has 2 aliphatic heterocycles. The van der Waals surface area contributed by atoms with E-state index in [1.54, 1.807) is 0 Å². The molecule has 0 fully saturated rings. The van der Waals surface area contributed by atoms with Gasteiger partial charge in [0.2, 0.25) is 0 Å². The molecule has 118 valence electrons. The molecule has 23 heavy (non-hydrogen) atoms. The fourth-order valence-electron chi connectivity index (χ4n) is 3.55. The maximum atomic E-state index is 9.10. The third-order valence-electron chi connectivity index (χ3n) is 4.50. The molecule has 0 spiro atoms. The Kier molecular flexibility index (Phi) is 3.66. The van der Waals surface area contributed by atoms with Crippen molar-refractivity contribution in [3.05, 3.63) is 70.8 Å². The average molecular weight is 311 g/mol. The summed E-state index contributed by atoms with van der Waals surface area (Å²) in [5, 5.41) is 18.6. The quantitative estimate of drug-likeness (QED) is 0.650. The Morgan fingerprint density at radius 2 is 1.57 bits per heavy atom. The first-order chi connectivity index (χ1) is 10.9. The van der Waals surface area contributed by atoms with E-state index in [1.807, 2.05) is 0 Å². The van der Waals surface area contributed by atoms with Gasteiger partial charge in [0.25, 0.3) is 0 Å². The van der Waals surface area contributed by atoms with Crippen molar-refractivity contribution in [1.29, 1.82) is 0 Å². The van der Waals surface area contributed by atoms with Crippen LogP contribution in [0.5, 0.6) is 0 Å². The van der Waals surface area contributed by atoms with Crippen molar-refractivity contribution < 1.29 is 19.8 Å². The minimum absolute atomic E-state index is 0.0100. The van der Waals surface area contributed by atoms with Crippen molar-refractivity contribution in [2.75, 3.05) is 0 Å². The van der Waals surface area contributed by atoms with Gasteiger partial charge in [-0.3, -0.25) is 5.32 Å². The van der Waals surface area contributed by atoms with E-state index >= 15 is 0 Å². The van der Waals surface area contributed by atoms with E-state index in [0.717, 1.165) is 6.42 Å². The number of fused-ring (bicyclic) bond motifs is 7. The van der Waals surface area contributed by atoms with Gasteiger partial charge in [-0.05, 0) is 35.6 Å². The van der Waals surface area contributed by atoms with Gasteiger partial charge in [-0.25, -0.2) is 9.59 Å². The lowest BCUT2D eigenvalue weighted by Crippen LogP contribution is -2.41. The van der Waals surface area contributed by atoms with Gasteiger partial charge >= 0.3 is 11.9 Å². The number of rotatable bonds is 0. The van der Waals surface area contributed by atoms with Gasteiger partial charge in [0.1, 0.15) is 0 Å². The highest BCUT2D eigenvalue weighted by Crippen LogP contribution is 2.47. The van der Waals surface area contributed by atoms with E-state index in [-0.39, 0.29) is 5.54 Å². The molecule has 2 atom stereocenters. The SMILES string of the molecule is CC12NC(Cc3ccccc31)c1ccccc12.O=C(O)C(=O)O. The van der Waals surface area contributed by atoms with Gasteiger partial charge in [0.05, 0.1) is 5.54 Å². The van der Waals surface area contributed by atoms with Gasteiger partial charge in [-0.2, -0.15) is 0 Å². The number of carboxylic acids is 2. The number of hydrogen-bond donors (Lipinski definition) is 3. The molecule has 2 heterocycles. The highest BCUT2D eigenvalue weighted by Gasteiger charge is 2.45. The number of carboxylic acid groups (broad SMARTS) is 2. The van der Waals surface area contributed by atoms with E-state index in [2.05, 4.69) is 60.8 Å². The van der Waals surface area contributed by atoms with Crippen LogP contribution in [0.4, 0.5) is 0 Å². The number of hydrogen-bond acceptors (Lipinski definition) is 3. The molecule has 4 rings (SSSR count). The van der Waals surface area contributed by atoms with Gasteiger partial charge in [-0.1, -0.05) is 48.5 Å². The molecule has 5 nitrogen and oxygen atoms in total. The van der Waals surface area contributed by atoms with Crippen molar-refractivity contribution in [3.63, 3.8) is 0 Å². The van der Waals surface area contributed by atoms with E-state index < -0.39 is 11.9 Å². The van der Waals surface area contributed by atoms with Gasteiger partial charge in [0, 0.05) is 6.04 Å². The van der Waals surface area contributed by atoms with Crippen LogP contribution in [0.2, 0.25) is 0 Å². The predicted molar refractivity (Wildman–Crippen MR) is 84.2 cm³/mol. The Balaban J connectivity index is 0.000000227. The molecule has 0 amide bonds. The smallest absolute Gasteiger partial charge is 0.414 e. The zero-order valence-corrected chi connectivity index (χ0v) is 12.6. The van der Waals surface area contributed by atoms with Gasteiger partial charge in [-0.15, -0.1) is 0 Å². The Hall–Kier alpha value is -2.66. The van der Waals surface area contributed by atoms with Gasteiger partial charge in [0.15, 0.2) is 0 Å². The number of nitrogens with one attached hydrogen (secondary N) is 1. The van der Waals surface area contributed by atoms with E-state index in [4.69, 9.17) is 19.8 Å². The summed E-state index contributed by atoms with van der Waals surface area (Å²) in [6.45, 7) is 2.31. The summed E-state index contributed by atoms with van der Waals surface area (Å²) in [5.41, 5.74) is 5.88. The maximum absolute atomic E-state index is 9.10. The van der Waals surface area contributed by atoms with Crippen molar-refractivity contribution in [2.45, 2.75) is 24.9 Å². The summed E-state index contributed by atoms with van der Waals surface area (Å²) >= 11 is 0. The lowest BCUT2D eigenvalue weighted by Gasteiger charge is -2.34.